The molecule has 0 saturated heterocycles. The van der Waals surface area contributed by atoms with Crippen molar-refractivity contribution in [2.75, 3.05) is 11.1 Å². The lowest BCUT2D eigenvalue weighted by molar-refractivity contribution is -0.113. The number of fused-ring (bicyclic) bond motifs is 1. The molecule has 0 spiro atoms. The molecule has 3 rings (SSSR count). The Labute approximate surface area is 136 Å². The number of hydrogen-bond acceptors (Lipinski definition) is 5. The highest BCUT2D eigenvalue weighted by Gasteiger charge is 2.10. The van der Waals surface area contributed by atoms with Crippen LogP contribution >= 0.6 is 11.8 Å². The van der Waals surface area contributed by atoms with E-state index in [1.165, 1.54) is 17.8 Å². The maximum absolute atomic E-state index is 12.1. The first kappa shape index (κ1) is 15.3. The van der Waals surface area contributed by atoms with Crippen LogP contribution in [0.3, 0.4) is 0 Å². The first-order valence-electron chi connectivity index (χ1n) is 6.97. The van der Waals surface area contributed by atoms with Gasteiger partial charge in [0.1, 0.15) is 0 Å². The molecule has 0 bridgehead atoms. The number of carbonyl (C=O) groups excluding carboxylic acids is 1. The van der Waals surface area contributed by atoms with Gasteiger partial charge in [-0.05, 0) is 25.5 Å². The predicted molar refractivity (Wildman–Crippen MR) is 88.9 cm³/mol. The van der Waals surface area contributed by atoms with Crippen LogP contribution in [0, 0.1) is 13.8 Å². The number of aromatic nitrogens is 4. The first-order chi connectivity index (χ1) is 11.0. The van der Waals surface area contributed by atoms with Crippen molar-refractivity contribution in [1.29, 1.82) is 0 Å². The molecule has 0 aliphatic rings. The molecule has 0 saturated carbocycles. The molecular weight excluding hydrogens is 314 g/mol. The van der Waals surface area contributed by atoms with Gasteiger partial charge in [-0.3, -0.25) is 19.0 Å². The molecule has 23 heavy (non-hydrogen) atoms. The van der Waals surface area contributed by atoms with E-state index >= 15 is 0 Å². The van der Waals surface area contributed by atoms with Crippen LogP contribution in [0.1, 0.15) is 11.1 Å². The summed E-state index contributed by atoms with van der Waals surface area (Å²) in [7, 11) is 0. The Kier molecular flexibility index (Phi) is 4.16. The molecule has 0 aliphatic carbocycles. The van der Waals surface area contributed by atoms with Gasteiger partial charge in [0.2, 0.25) is 11.7 Å². The minimum atomic E-state index is -0.242. The number of nitrogens with one attached hydrogen (secondary N) is 2. The van der Waals surface area contributed by atoms with Crippen molar-refractivity contribution >= 4 is 29.1 Å². The van der Waals surface area contributed by atoms with E-state index < -0.39 is 0 Å². The smallest absolute Gasteiger partial charge is 0.252 e. The SMILES string of the molecule is Cc1ccc(NC(=O)CSc2nnc3[nH]c(=O)ccn23)c(C)c1. The predicted octanol–water partition coefficient (Wildman–Crippen LogP) is 1.77. The van der Waals surface area contributed by atoms with Crippen LogP contribution in [0.2, 0.25) is 0 Å². The van der Waals surface area contributed by atoms with Gasteiger partial charge >= 0.3 is 0 Å². The Bertz CT molecular complexity index is 931. The standard InChI is InChI=1S/C15H15N5O2S/c1-9-3-4-11(10(2)7-9)16-13(22)8-23-15-19-18-14-17-12(21)5-6-20(14)15/h3-7H,8H2,1-2H3,(H,16,22)(H,17,18,21). The van der Waals surface area contributed by atoms with Gasteiger partial charge in [-0.15, -0.1) is 10.2 Å². The topological polar surface area (TPSA) is 92.2 Å². The molecule has 0 radical (unpaired) electrons. The maximum atomic E-state index is 12.1. The van der Waals surface area contributed by atoms with Crippen molar-refractivity contribution in [1.82, 2.24) is 19.6 Å². The third kappa shape index (κ3) is 3.42. The van der Waals surface area contributed by atoms with Gasteiger partial charge in [-0.1, -0.05) is 29.5 Å². The summed E-state index contributed by atoms with van der Waals surface area (Å²) in [4.78, 5) is 25.9. The van der Waals surface area contributed by atoms with Crippen LogP contribution in [0.15, 0.2) is 40.4 Å². The largest absolute Gasteiger partial charge is 0.325 e. The summed E-state index contributed by atoms with van der Waals surface area (Å²) in [6, 6.07) is 7.25. The molecule has 2 aromatic heterocycles. The quantitative estimate of drug-likeness (QED) is 0.712. The number of amides is 1. The zero-order valence-electron chi connectivity index (χ0n) is 12.7. The van der Waals surface area contributed by atoms with Crippen molar-refractivity contribution in [3.63, 3.8) is 0 Å². The Morgan fingerprint density at radius 2 is 2.13 bits per heavy atom. The molecule has 0 fully saturated rings. The second-order valence-corrected chi connectivity index (χ2v) is 6.08. The Balaban J connectivity index is 1.67. The fourth-order valence-electron chi connectivity index (χ4n) is 2.16. The normalized spacial score (nSPS) is 10.9. The monoisotopic (exact) mass is 329 g/mol. The first-order valence-corrected chi connectivity index (χ1v) is 7.95. The van der Waals surface area contributed by atoms with Gasteiger partial charge < -0.3 is 5.32 Å². The van der Waals surface area contributed by atoms with E-state index in [0.717, 1.165) is 16.8 Å². The molecule has 1 amide bonds. The molecule has 3 aromatic rings. The average molecular weight is 329 g/mol. The molecule has 118 valence electrons. The highest BCUT2D eigenvalue weighted by Crippen LogP contribution is 2.18. The number of anilines is 1. The van der Waals surface area contributed by atoms with E-state index in [4.69, 9.17) is 0 Å². The van der Waals surface area contributed by atoms with Crippen LogP contribution in [0.4, 0.5) is 5.69 Å². The van der Waals surface area contributed by atoms with E-state index in [9.17, 15) is 9.59 Å². The van der Waals surface area contributed by atoms with E-state index in [2.05, 4.69) is 20.5 Å². The number of nitrogens with zero attached hydrogens (tertiary/aromatic N) is 3. The highest BCUT2D eigenvalue weighted by atomic mass is 32.2. The zero-order valence-corrected chi connectivity index (χ0v) is 13.5. The summed E-state index contributed by atoms with van der Waals surface area (Å²) in [5.41, 5.74) is 2.73. The number of rotatable bonds is 4. The molecule has 8 heteroatoms. The van der Waals surface area contributed by atoms with Crippen LogP contribution in [-0.4, -0.2) is 31.2 Å². The zero-order chi connectivity index (χ0) is 16.4. The van der Waals surface area contributed by atoms with E-state index in [-0.39, 0.29) is 17.2 Å². The highest BCUT2D eigenvalue weighted by molar-refractivity contribution is 7.99. The molecular formula is C15H15N5O2S. The molecule has 0 atom stereocenters. The van der Waals surface area contributed by atoms with Crippen LogP contribution < -0.4 is 10.9 Å². The van der Waals surface area contributed by atoms with Gasteiger partial charge in [0.15, 0.2) is 5.16 Å². The number of H-pyrrole nitrogens is 1. The summed E-state index contributed by atoms with van der Waals surface area (Å²) in [5, 5.41) is 11.3. The summed E-state index contributed by atoms with van der Waals surface area (Å²) in [5.74, 6) is 0.436. The van der Waals surface area contributed by atoms with E-state index in [1.807, 2.05) is 32.0 Å². The summed E-state index contributed by atoms with van der Waals surface area (Å²) in [6.45, 7) is 3.97. The van der Waals surface area contributed by atoms with Crippen LogP contribution in [0.5, 0.6) is 0 Å². The second-order valence-electron chi connectivity index (χ2n) is 5.14. The third-order valence-corrected chi connectivity index (χ3v) is 4.21. The fourth-order valence-corrected chi connectivity index (χ4v) is 2.88. The molecule has 2 N–H and O–H groups in total. The lowest BCUT2D eigenvalue weighted by atomic mass is 10.1. The number of carbonyl (C=O) groups is 1. The van der Waals surface area contributed by atoms with Crippen molar-refractivity contribution in [2.45, 2.75) is 19.0 Å². The molecule has 7 nitrogen and oxygen atoms in total. The molecule has 2 heterocycles. The number of aromatic amines is 1. The van der Waals surface area contributed by atoms with Crippen LogP contribution in [-0.2, 0) is 4.79 Å². The lowest BCUT2D eigenvalue weighted by Crippen LogP contribution is -2.15. The van der Waals surface area contributed by atoms with E-state index in [0.29, 0.717) is 10.9 Å². The molecule has 1 aromatic carbocycles. The van der Waals surface area contributed by atoms with Crippen molar-refractivity contribution in [3.05, 3.63) is 51.9 Å². The fraction of sp³-hybridized carbons (Fsp3) is 0.200. The van der Waals surface area contributed by atoms with Gasteiger partial charge in [0.25, 0.3) is 5.56 Å². The Morgan fingerprint density at radius 3 is 2.91 bits per heavy atom. The summed E-state index contributed by atoms with van der Waals surface area (Å²) < 4.78 is 1.64. The van der Waals surface area contributed by atoms with Crippen molar-refractivity contribution < 1.29 is 4.79 Å². The van der Waals surface area contributed by atoms with Crippen LogP contribution in [0.25, 0.3) is 5.78 Å². The lowest BCUT2D eigenvalue weighted by Gasteiger charge is -2.08. The minimum Gasteiger partial charge on any atom is -0.325 e. The number of hydrogen-bond donors (Lipinski definition) is 2. The Hall–Kier alpha value is -2.61. The maximum Gasteiger partial charge on any atom is 0.252 e. The molecule has 0 aliphatic heterocycles. The number of benzene rings is 1. The number of aryl methyl sites for hydroxylation is 2. The minimum absolute atomic E-state index is 0.122. The van der Waals surface area contributed by atoms with Gasteiger partial charge in [-0.25, -0.2) is 0 Å². The van der Waals surface area contributed by atoms with Crippen molar-refractivity contribution in [2.24, 2.45) is 0 Å². The van der Waals surface area contributed by atoms with Crippen molar-refractivity contribution in [3.8, 4) is 0 Å². The molecule has 0 unspecified atom stereocenters. The van der Waals surface area contributed by atoms with E-state index in [1.54, 1.807) is 10.6 Å². The van der Waals surface area contributed by atoms with Gasteiger partial charge in [0, 0.05) is 18.0 Å². The van der Waals surface area contributed by atoms with Gasteiger partial charge in [0.05, 0.1) is 5.75 Å². The third-order valence-electron chi connectivity index (χ3n) is 3.26. The second kappa shape index (κ2) is 6.25. The summed E-state index contributed by atoms with van der Waals surface area (Å²) >= 11 is 1.25. The summed E-state index contributed by atoms with van der Waals surface area (Å²) in [6.07, 6.45) is 1.58. The number of thioether (sulfide) groups is 1. The average Bonchev–Trinajstić information content (AvgIpc) is 2.90. The Morgan fingerprint density at radius 1 is 1.30 bits per heavy atom. The van der Waals surface area contributed by atoms with Gasteiger partial charge in [-0.2, -0.15) is 0 Å².